The van der Waals surface area contributed by atoms with Crippen molar-refractivity contribution in [3.63, 3.8) is 0 Å². The van der Waals surface area contributed by atoms with Crippen LogP contribution in [0.5, 0.6) is 0 Å². The molecule has 2 aromatic rings. The molecule has 0 aliphatic heterocycles. The van der Waals surface area contributed by atoms with Crippen molar-refractivity contribution in [2.45, 2.75) is 6.92 Å². The predicted molar refractivity (Wildman–Crippen MR) is 80.6 cm³/mol. The van der Waals surface area contributed by atoms with Gasteiger partial charge in [0.15, 0.2) is 5.69 Å². The molecule has 0 saturated heterocycles. The maximum Gasteiger partial charge on any atom is 0.276 e. The molecule has 0 unspecified atom stereocenters. The molecule has 0 aliphatic rings. The summed E-state index contributed by atoms with van der Waals surface area (Å²) >= 11 is 12.0. The van der Waals surface area contributed by atoms with Crippen molar-refractivity contribution in [3.05, 3.63) is 46.1 Å². The molecule has 1 aromatic heterocycles. The minimum absolute atomic E-state index is 0.183. The normalized spacial score (nSPS) is 10.2. The quantitative estimate of drug-likeness (QED) is 0.907. The molecule has 2 rings (SSSR count). The summed E-state index contributed by atoms with van der Waals surface area (Å²) in [5.74, 6) is 0.190. The van der Waals surface area contributed by atoms with Gasteiger partial charge in [0.05, 0.1) is 15.7 Å². The Bertz CT molecular complexity index is 596. The second kappa shape index (κ2) is 6.54. The first-order valence-electron chi connectivity index (χ1n) is 5.94. The first kappa shape index (κ1) is 14.6. The van der Waals surface area contributed by atoms with Crippen LogP contribution in [-0.2, 0) is 0 Å². The van der Waals surface area contributed by atoms with Gasteiger partial charge in [-0.15, -0.1) is 10.2 Å². The number of carbonyl (C=O) groups is 1. The molecule has 104 valence electrons. The number of rotatable bonds is 4. The lowest BCUT2D eigenvalue weighted by atomic mass is 10.3. The highest BCUT2D eigenvalue weighted by Gasteiger charge is 2.13. The summed E-state index contributed by atoms with van der Waals surface area (Å²) in [7, 11) is 0. The molecule has 5 nitrogen and oxygen atoms in total. The summed E-state index contributed by atoms with van der Waals surface area (Å²) in [6.07, 6.45) is 0. The molecule has 1 amide bonds. The molecular formula is C13H12Cl2N4O. The average Bonchev–Trinajstić information content (AvgIpc) is 2.44. The fourth-order valence-corrected chi connectivity index (χ4v) is 2.02. The van der Waals surface area contributed by atoms with E-state index in [1.165, 1.54) is 0 Å². The van der Waals surface area contributed by atoms with Crippen LogP contribution in [0.1, 0.15) is 17.4 Å². The standard InChI is InChI=1S/C13H12Cl2N4O/c1-2-16-11-7-6-10(18-19-11)13(20)17-12-8(14)4-3-5-9(12)15/h3-7H,2H2,1H3,(H,16,19)(H,17,20). The number of halogens is 2. The van der Waals surface area contributed by atoms with Crippen LogP contribution in [0, 0.1) is 0 Å². The molecule has 0 fully saturated rings. The van der Waals surface area contributed by atoms with Crippen LogP contribution in [-0.4, -0.2) is 22.6 Å². The predicted octanol–water partition coefficient (Wildman–Crippen LogP) is 3.47. The van der Waals surface area contributed by atoms with Gasteiger partial charge in [0.25, 0.3) is 5.91 Å². The SMILES string of the molecule is CCNc1ccc(C(=O)Nc2c(Cl)cccc2Cl)nn1. The second-order valence-electron chi connectivity index (χ2n) is 3.88. The Hall–Kier alpha value is -1.85. The van der Waals surface area contributed by atoms with E-state index in [4.69, 9.17) is 23.2 Å². The van der Waals surface area contributed by atoms with E-state index in [9.17, 15) is 4.79 Å². The fourth-order valence-electron chi connectivity index (χ4n) is 1.52. The van der Waals surface area contributed by atoms with Crippen molar-refractivity contribution in [3.8, 4) is 0 Å². The van der Waals surface area contributed by atoms with Crippen molar-refractivity contribution in [2.24, 2.45) is 0 Å². The molecule has 0 saturated carbocycles. The summed E-state index contributed by atoms with van der Waals surface area (Å²) < 4.78 is 0. The van der Waals surface area contributed by atoms with Gasteiger partial charge in [-0.05, 0) is 31.2 Å². The molecule has 1 heterocycles. The Balaban J connectivity index is 2.16. The minimum Gasteiger partial charge on any atom is -0.369 e. The van der Waals surface area contributed by atoms with Crippen LogP contribution < -0.4 is 10.6 Å². The Labute approximate surface area is 126 Å². The maximum absolute atomic E-state index is 12.0. The van der Waals surface area contributed by atoms with Gasteiger partial charge in [0.1, 0.15) is 5.82 Å². The number of nitrogens with one attached hydrogen (secondary N) is 2. The number of aromatic nitrogens is 2. The van der Waals surface area contributed by atoms with Crippen molar-refractivity contribution in [1.82, 2.24) is 10.2 Å². The summed E-state index contributed by atoms with van der Waals surface area (Å²) in [5, 5.41) is 14.1. The maximum atomic E-state index is 12.0. The van der Waals surface area contributed by atoms with Gasteiger partial charge in [-0.3, -0.25) is 4.79 Å². The van der Waals surface area contributed by atoms with E-state index in [1.807, 2.05) is 6.92 Å². The van der Waals surface area contributed by atoms with Crippen LogP contribution in [0.4, 0.5) is 11.5 Å². The van der Waals surface area contributed by atoms with Gasteiger partial charge in [0.2, 0.25) is 0 Å². The molecule has 7 heteroatoms. The van der Waals surface area contributed by atoms with Crippen LogP contribution in [0.15, 0.2) is 30.3 Å². The van der Waals surface area contributed by atoms with E-state index in [0.29, 0.717) is 21.6 Å². The van der Waals surface area contributed by atoms with Gasteiger partial charge < -0.3 is 10.6 Å². The van der Waals surface area contributed by atoms with Gasteiger partial charge >= 0.3 is 0 Å². The average molecular weight is 311 g/mol. The number of para-hydroxylation sites is 1. The third-order valence-corrected chi connectivity index (χ3v) is 3.09. The van der Waals surface area contributed by atoms with E-state index in [1.54, 1.807) is 30.3 Å². The van der Waals surface area contributed by atoms with Crippen LogP contribution >= 0.6 is 23.2 Å². The molecule has 20 heavy (non-hydrogen) atoms. The molecule has 2 N–H and O–H groups in total. The lowest BCUT2D eigenvalue weighted by molar-refractivity contribution is 0.102. The topological polar surface area (TPSA) is 66.9 Å². The molecule has 0 aliphatic carbocycles. The van der Waals surface area contributed by atoms with Crippen molar-refractivity contribution < 1.29 is 4.79 Å². The summed E-state index contributed by atoms with van der Waals surface area (Å²) in [5.41, 5.74) is 0.543. The van der Waals surface area contributed by atoms with Gasteiger partial charge in [-0.25, -0.2) is 0 Å². The van der Waals surface area contributed by atoms with Gasteiger partial charge in [-0.2, -0.15) is 0 Å². The number of hydrogen-bond acceptors (Lipinski definition) is 4. The zero-order valence-corrected chi connectivity index (χ0v) is 12.2. The van der Waals surface area contributed by atoms with Crippen molar-refractivity contribution in [2.75, 3.05) is 17.2 Å². The lowest BCUT2D eigenvalue weighted by Gasteiger charge is -2.08. The highest BCUT2D eigenvalue weighted by molar-refractivity contribution is 6.39. The number of carbonyl (C=O) groups excluding carboxylic acids is 1. The first-order valence-corrected chi connectivity index (χ1v) is 6.70. The first-order chi connectivity index (χ1) is 9.61. The summed E-state index contributed by atoms with van der Waals surface area (Å²) in [6.45, 7) is 2.68. The zero-order valence-electron chi connectivity index (χ0n) is 10.7. The summed E-state index contributed by atoms with van der Waals surface area (Å²) in [6, 6.07) is 8.24. The minimum atomic E-state index is -0.421. The Morgan fingerprint density at radius 3 is 2.40 bits per heavy atom. The van der Waals surface area contributed by atoms with Crippen LogP contribution in [0.3, 0.4) is 0 Å². The van der Waals surface area contributed by atoms with Gasteiger partial charge in [-0.1, -0.05) is 29.3 Å². The monoisotopic (exact) mass is 310 g/mol. The molecule has 0 radical (unpaired) electrons. The van der Waals surface area contributed by atoms with E-state index in [-0.39, 0.29) is 5.69 Å². The Kier molecular flexibility index (Phi) is 4.76. The molecule has 0 atom stereocenters. The smallest absolute Gasteiger partial charge is 0.276 e. The van der Waals surface area contributed by atoms with Gasteiger partial charge in [0, 0.05) is 6.54 Å². The number of hydrogen-bond donors (Lipinski definition) is 2. The number of amides is 1. The Morgan fingerprint density at radius 1 is 1.15 bits per heavy atom. The molecule has 1 aromatic carbocycles. The van der Waals surface area contributed by atoms with Crippen molar-refractivity contribution in [1.29, 1.82) is 0 Å². The lowest BCUT2D eigenvalue weighted by Crippen LogP contribution is -2.15. The van der Waals surface area contributed by atoms with Crippen molar-refractivity contribution >= 4 is 40.6 Å². The van der Waals surface area contributed by atoms with E-state index in [2.05, 4.69) is 20.8 Å². The molecule has 0 spiro atoms. The second-order valence-corrected chi connectivity index (χ2v) is 4.70. The number of benzene rings is 1. The molecular weight excluding hydrogens is 299 g/mol. The highest BCUT2D eigenvalue weighted by Crippen LogP contribution is 2.30. The number of anilines is 2. The zero-order chi connectivity index (χ0) is 14.5. The number of nitrogens with zero attached hydrogens (tertiary/aromatic N) is 2. The largest absolute Gasteiger partial charge is 0.369 e. The Morgan fingerprint density at radius 2 is 1.85 bits per heavy atom. The van der Waals surface area contributed by atoms with Crippen LogP contribution in [0.2, 0.25) is 10.0 Å². The summed E-state index contributed by atoms with van der Waals surface area (Å²) in [4.78, 5) is 12.0. The van der Waals surface area contributed by atoms with E-state index < -0.39 is 5.91 Å². The third kappa shape index (κ3) is 3.37. The van der Waals surface area contributed by atoms with Crippen LogP contribution in [0.25, 0.3) is 0 Å². The third-order valence-electron chi connectivity index (χ3n) is 2.46. The van der Waals surface area contributed by atoms with E-state index >= 15 is 0 Å². The highest BCUT2D eigenvalue weighted by atomic mass is 35.5. The molecule has 0 bridgehead atoms. The fraction of sp³-hybridized carbons (Fsp3) is 0.154. The van der Waals surface area contributed by atoms with E-state index in [0.717, 1.165) is 6.54 Å².